The summed E-state index contributed by atoms with van der Waals surface area (Å²) in [5, 5.41) is 3.31. The molecule has 0 spiro atoms. The summed E-state index contributed by atoms with van der Waals surface area (Å²) < 4.78 is 5.70. The molecule has 3 unspecified atom stereocenters. The molecule has 1 N–H and O–H groups in total. The van der Waals surface area contributed by atoms with Gasteiger partial charge < -0.3 is 10.1 Å². The van der Waals surface area contributed by atoms with Gasteiger partial charge in [-0.15, -0.1) is 0 Å². The first kappa shape index (κ1) is 12.9. The van der Waals surface area contributed by atoms with Crippen LogP contribution in [-0.4, -0.2) is 24.7 Å². The second kappa shape index (κ2) is 6.39. The number of rotatable bonds is 2. The maximum absolute atomic E-state index is 12.1. The van der Waals surface area contributed by atoms with Crippen LogP contribution in [0.25, 0.3) is 0 Å². The van der Waals surface area contributed by atoms with Crippen molar-refractivity contribution in [3.05, 3.63) is 0 Å². The molecule has 3 heteroatoms. The molecule has 2 aliphatic rings. The van der Waals surface area contributed by atoms with Crippen LogP contribution >= 0.6 is 0 Å². The highest BCUT2D eigenvalue weighted by Gasteiger charge is 2.28. The largest absolute Gasteiger partial charge is 0.461 e. The number of carbonyl (C=O) groups excluding carboxylic acids is 1. The van der Waals surface area contributed by atoms with Crippen LogP contribution in [0.5, 0.6) is 0 Å². The Balaban J connectivity index is 1.82. The molecule has 2 rings (SSSR count). The monoisotopic (exact) mass is 239 g/mol. The molecule has 1 saturated heterocycles. The molecule has 98 valence electrons. The smallest absolute Gasteiger partial charge is 0.323 e. The first-order chi connectivity index (χ1) is 8.27. The Kier molecular flexibility index (Phi) is 4.84. The highest BCUT2D eigenvalue weighted by Crippen LogP contribution is 2.27. The van der Waals surface area contributed by atoms with Crippen LogP contribution in [0, 0.1) is 5.92 Å². The molecule has 0 bridgehead atoms. The highest BCUT2D eigenvalue weighted by atomic mass is 16.5. The van der Waals surface area contributed by atoms with E-state index in [0.717, 1.165) is 25.8 Å². The number of nitrogens with one attached hydrogen (secondary N) is 1. The van der Waals surface area contributed by atoms with E-state index in [-0.39, 0.29) is 18.1 Å². The predicted octanol–water partition coefficient (Wildman–Crippen LogP) is 2.64. The second-order valence-corrected chi connectivity index (χ2v) is 5.59. The molecule has 0 aromatic heterocycles. The summed E-state index contributed by atoms with van der Waals surface area (Å²) in [5.74, 6) is 0.532. The fourth-order valence-corrected chi connectivity index (χ4v) is 2.92. The van der Waals surface area contributed by atoms with Crippen LogP contribution in [0.3, 0.4) is 0 Å². The summed E-state index contributed by atoms with van der Waals surface area (Å²) in [6.07, 6.45) is 9.43. The third-order valence-corrected chi connectivity index (χ3v) is 4.15. The molecule has 3 nitrogen and oxygen atoms in total. The van der Waals surface area contributed by atoms with E-state index in [2.05, 4.69) is 12.2 Å². The lowest BCUT2D eigenvalue weighted by atomic mass is 9.88. The van der Waals surface area contributed by atoms with Gasteiger partial charge in [-0.25, -0.2) is 0 Å². The molecule has 1 aliphatic carbocycles. The van der Waals surface area contributed by atoms with E-state index < -0.39 is 0 Å². The van der Waals surface area contributed by atoms with Gasteiger partial charge in [-0.2, -0.15) is 0 Å². The van der Waals surface area contributed by atoms with E-state index in [1.807, 2.05) is 0 Å². The Bertz CT molecular complexity index is 247. The second-order valence-electron chi connectivity index (χ2n) is 5.59. The lowest BCUT2D eigenvalue weighted by molar-refractivity contribution is -0.155. The van der Waals surface area contributed by atoms with Gasteiger partial charge in [0.05, 0.1) is 0 Å². The van der Waals surface area contributed by atoms with Gasteiger partial charge in [-0.3, -0.25) is 4.79 Å². The Hall–Kier alpha value is -0.570. The average molecular weight is 239 g/mol. The lowest BCUT2D eigenvalue weighted by Crippen LogP contribution is -2.40. The molecule has 17 heavy (non-hydrogen) atoms. The van der Waals surface area contributed by atoms with Gasteiger partial charge in [0.2, 0.25) is 0 Å². The number of ether oxygens (including phenoxy) is 1. The first-order valence-electron chi connectivity index (χ1n) is 7.21. The van der Waals surface area contributed by atoms with Gasteiger partial charge in [0.25, 0.3) is 0 Å². The molecule has 1 heterocycles. The van der Waals surface area contributed by atoms with E-state index in [1.165, 1.54) is 32.1 Å². The van der Waals surface area contributed by atoms with Crippen molar-refractivity contribution in [1.82, 2.24) is 5.32 Å². The third-order valence-electron chi connectivity index (χ3n) is 4.15. The summed E-state index contributed by atoms with van der Waals surface area (Å²) in [7, 11) is 0. The Labute approximate surface area is 104 Å². The van der Waals surface area contributed by atoms with Crippen molar-refractivity contribution in [3.63, 3.8) is 0 Å². The van der Waals surface area contributed by atoms with E-state index in [0.29, 0.717) is 5.92 Å². The fraction of sp³-hybridized carbons (Fsp3) is 0.929. The summed E-state index contributed by atoms with van der Waals surface area (Å²) in [6.45, 7) is 3.16. The first-order valence-corrected chi connectivity index (χ1v) is 7.21. The third kappa shape index (κ3) is 3.70. The maximum Gasteiger partial charge on any atom is 0.323 e. The molecule has 0 radical (unpaired) electrons. The van der Waals surface area contributed by atoms with Crippen molar-refractivity contribution in [1.29, 1.82) is 0 Å². The number of hydrogen-bond acceptors (Lipinski definition) is 3. The zero-order valence-corrected chi connectivity index (χ0v) is 10.9. The Morgan fingerprint density at radius 1 is 1.06 bits per heavy atom. The number of hydrogen-bond donors (Lipinski definition) is 1. The Morgan fingerprint density at radius 2 is 1.82 bits per heavy atom. The molecule has 1 aliphatic heterocycles. The van der Waals surface area contributed by atoms with Crippen LogP contribution < -0.4 is 5.32 Å². The zero-order valence-electron chi connectivity index (χ0n) is 10.9. The molecule has 0 amide bonds. The minimum absolute atomic E-state index is 0.00866. The minimum Gasteiger partial charge on any atom is -0.461 e. The van der Waals surface area contributed by atoms with E-state index >= 15 is 0 Å². The molecule has 3 atom stereocenters. The van der Waals surface area contributed by atoms with Crippen LogP contribution in [0.15, 0.2) is 0 Å². The summed E-state index contributed by atoms with van der Waals surface area (Å²) in [6, 6.07) is -0.0494. The van der Waals surface area contributed by atoms with E-state index in [9.17, 15) is 4.79 Å². The van der Waals surface area contributed by atoms with Crippen LogP contribution in [0.4, 0.5) is 0 Å². The van der Waals surface area contributed by atoms with Crippen molar-refractivity contribution in [2.75, 3.05) is 6.54 Å². The molecular formula is C14H25NO2. The van der Waals surface area contributed by atoms with Crippen molar-refractivity contribution < 1.29 is 9.53 Å². The van der Waals surface area contributed by atoms with Gasteiger partial charge in [0.15, 0.2) is 0 Å². The summed E-state index contributed by atoms with van der Waals surface area (Å²) in [5.41, 5.74) is 0. The Morgan fingerprint density at radius 3 is 2.65 bits per heavy atom. The molecule has 0 aromatic rings. The van der Waals surface area contributed by atoms with Crippen LogP contribution in [-0.2, 0) is 9.53 Å². The molecule has 0 aromatic carbocycles. The summed E-state index contributed by atoms with van der Waals surface area (Å²) in [4.78, 5) is 12.1. The van der Waals surface area contributed by atoms with Gasteiger partial charge in [-0.1, -0.05) is 26.2 Å². The minimum atomic E-state index is -0.0494. The van der Waals surface area contributed by atoms with Crippen LogP contribution in [0.2, 0.25) is 0 Å². The highest BCUT2D eigenvalue weighted by molar-refractivity contribution is 5.76. The quantitative estimate of drug-likeness (QED) is 0.753. The number of carbonyl (C=O) groups is 1. The summed E-state index contributed by atoms with van der Waals surface area (Å²) >= 11 is 0. The SMILES string of the molecule is CC1CCCCC1OC(=O)C1CCCCCN1. The van der Waals surface area contributed by atoms with Crippen molar-refractivity contribution in [2.24, 2.45) is 5.92 Å². The molecule has 1 saturated carbocycles. The van der Waals surface area contributed by atoms with Crippen molar-refractivity contribution >= 4 is 5.97 Å². The van der Waals surface area contributed by atoms with Crippen molar-refractivity contribution in [2.45, 2.75) is 70.4 Å². The van der Waals surface area contributed by atoms with E-state index in [1.54, 1.807) is 0 Å². The lowest BCUT2D eigenvalue weighted by Gasteiger charge is -2.29. The van der Waals surface area contributed by atoms with Crippen molar-refractivity contribution in [3.8, 4) is 0 Å². The van der Waals surface area contributed by atoms with Gasteiger partial charge in [0, 0.05) is 0 Å². The molecular weight excluding hydrogens is 214 g/mol. The van der Waals surface area contributed by atoms with Gasteiger partial charge in [0.1, 0.15) is 12.1 Å². The maximum atomic E-state index is 12.1. The van der Waals surface area contributed by atoms with Gasteiger partial charge in [-0.05, 0) is 44.6 Å². The standard InChI is InChI=1S/C14H25NO2/c1-11-7-4-5-9-13(11)17-14(16)12-8-3-2-6-10-15-12/h11-13,15H,2-10H2,1H3. The zero-order chi connectivity index (χ0) is 12.1. The number of esters is 1. The fourth-order valence-electron chi connectivity index (χ4n) is 2.92. The average Bonchev–Trinajstić information content (AvgIpc) is 2.61. The van der Waals surface area contributed by atoms with Crippen LogP contribution in [0.1, 0.15) is 58.3 Å². The van der Waals surface area contributed by atoms with Gasteiger partial charge >= 0.3 is 5.97 Å². The predicted molar refractivity (Wildman–Crippen MR) is 67.8 cm³/mol. The molecule has 2 fully saturated rings. The normalized spacial score (nSPS) is 35.0. The topological polar surface area (TPSA) is 38.3 Å². The van der Waals surface area contributed by atoms with E-state index in [4.69, 9.17) is 4.74 Å².